The number of nitrogens with zero attached hydrogens (tertiary/aromatic N) is 1. The SMILES string of the molecule is CC(C)(C)c1ccc(S(=O)(=O)Nc2ccc3[nH]c(C=CC(=O)NCCN4CCOCC4)c(-c4ccccc4)c3c2)cc1. The molecule has 0 radical (unpaired) electrons. The highest BCUT2D eigenvalue weighted by molar-refractivity contribution is 7.92. The Bertz CT molecular complexity index is 1670. The van der Waals surface area contributed by atoms with Crippen molar-refractivity contribution in [2.24, 2.45) is 0 Å². The average molecular weight is 587 g/mol. The van der Waals surface area contributed by atoms with Gasteiger partial charge in [-0.15, -0.1) is 0 Å². The van der Waals surface area contributed by atoms with Gasteiger partial charge in [-0.05, 0) is 52.9 Å². The predicted octanol–water partition coefficient (Wildman–Crippen LogP) is 5.39. The summed E-state index contributed by atoms with van der Waals surface area (Å²) >= 11 is 0. The van der Waals surface area contributed by atoms with Gasteiger partial charge < -0.3 is 15.0 Å². The Kier molecular flexibility index (Phi) is 8.82. The smallest absolute Gasteiger partial charge is 0.261 e. The highest BCUT2D eigenvalue weighted by Crippen LogP contribution is 2.35. The quantitative estimate of drug-likeness (QED) is 0.228. The van der Waals surface area contributed by atoms with Crippen molar-refractivity contribution in [2.75, 3.05) is 44.1 Å². The maximum absolute atomic E-state index is 13.2. The minimum atomic E-state index is -3.79. The number of nitrogens with one attached hydrogen (secondary N) is 3. The number of aromatic amines is 1. The van der Waals surface area contributed by atoms with Gasteiger partial charge in [-0.1, -0.05) is 63.2 Å². The van der Waals surface area contributed by atoms with E-state index in [2.05, 4.69) is 40.7 Å². The van der Waals surface area contributed by atoms with Gasteiger partial charge in [0.05, 0.1) is 18.1 Å². The lowest BCUT2D eigenvalue weighted by Crippen LogP contribution is -2.41. The molecule has 0 atom stereocenters. The Morgan fingerprint density at radius 3 is 2.40 bits per heavy atom. The Labute approximate surface area is 247 Å². The molecule has 0 unspecified atom stereocenters. The number of morpholine rings is 1. The number of benzene rings is 3. The highest BCUT2D eigenvalue weighted by atomic mass is 32.2. The number of aromatic nitrogens is 1. The van der Waals surface area contributed by atoms with Crippen LogP contribution in [-0.4, -0.2) is 63.6 Å². The molecule has 3 N–H and O–H groups in total. The van der Waals surface area contributed by atoms with Crippen molar-refractivity contribution in [1.29, 1.82) is 0 Å². The molecule has 1 aliphatic heterocycles. The topological polar surface area (TPSA) is 104 Å². The Morgan fingerprint density at radius 1 is 1.00 bits per heavy atom. The summed E-state index contributed by atoms with van der Waals surface area (Å²) in [6, 6.07) is 22.2. The second-order valence-corrected chi connectivity index (χ2v) is 13.2. The van der Waals surface area contributed by atoms with Gasteiger partial charge in [-0.25, -0.2) is 8.42 Å². The summed E-state index contributed by atoms with van der Waals surface area (Å²) in [6.45, 7) is 10.8. The first-order valence-electron chi connectivity index (χ1n) is 14.2. The first kappa shape index (κ1) is 29.6. The van der Waals surface area contributed by atoms with Gasteiger partial charge in [-0.2, -0.15) is 0 Å². The summed E-state index contributed by atoms with van der Waals surface area (Å²) < 4.78 is 34.6. The summed E-state index contributed by atoms with van der Waals surface area (Å²) in [4.78, 5) is 18.5. The Balaban J connectivity index is 1.38. The van der Waals surface area contributed by atoms with E-state index in [1.54, 1.807) is 24.3 Å². The molecular weight excluding hydrogens is 548 g/mol. The third-order valence-corrected chi connectivity index (χ3v) is 8.80. The van der Waals surface area contributed by atoms with Crippen molar-refractivity contribution in [3.05, 3.63) is 90.1 Å². The summed E-state index contributed by atoms with van der Waals surface area (Å²) in [5.74, 6) is -0.174. The molecule has 4 aromatic rings. The van der Waals surface area contributed by atoms with Crippen molar-refractivity contribution in [3.63, 3.8) is 0 Å². The first-order valence-corrected chi connectivity index (χ1v) is 15.7. The number of hydrogen-bond acceptors (Lipinski definition) is 5. The first-order chi connectivity index (χ1) is 20.1. The molecule has 0 saturated carbocycles. The lowest BCUT2D eigenvalue weighted by Gasteiger charge is -2.26. The fourth-order valence-electron chi connectivity index (χ4n) is 5.05. The fraction of sp³-hybridized carbons (Fsp3) is 0.303. The van der Waals surface area contributed by atoms with Crippen LogP contribution in [0.2, 0.25) is 0 Å². The zero-order valence-electron chi connectivity index (χ0n) is 24.3. The number of anilines is 1. The minimum absolute atomic E-state index is 0.0708. The third kappa shape index (κ3) is 7.10. The van der Waals surface area contributed by atoms with Crippen molar-refractivity contribution in [1.82, 2.24) is 15.2 Å². The van der Waals surface area contributed by atoms with Gasteiger partial charge in [0, 0.05) is 60.1 Å². The summed E-state index contributed by atoms with van der Waals surface area (Å²) in [5, 5.41) is 3.80. The zero-order chi connectivity index (χ0) is 29.7. The monoisotopic (exact) mass is 586 g/mol. The van der Waals surface area contributed by atoms with Crippen LogP contribution in [0, 0.1) is 0 Å². The van der Waals surface area contributed by atoms with Crippen LogP contribution < -0.4 is 10.0 Å². The second kappa shape index (κ2) is 12.5. The largest absolute Gasteiger partial charge is 0.379 e. The van der Waals surface area contributed by atoms with E-state index in [4.69, 9.17) is 4.74 Å². The maximum Gasteiger partial charge on any atom is 0.261 e. The molecule has 5 rings (SSSR count). The van der Waals surface area contributed by atoms with Crippen molar-refractivity contribution >= 4 is 38.6 Å². The van der Waals surface area contributed by atoms with Gasteiger partial charge in [0.2, 0.25) is 5.91 Å². The Hall–Kier alpha value is -3.92. The molecule has 0 aliphatic carbocycles. The van der Waals surface area contributed by atoms with Gasteiger partial charge in [0.1, 0.15) is 0 Å². The molecule has 9 heteroatoms. The lowest BCUT2D eigenvalue weighted by atomic mass is 9.87. The van der Waals surface area contributed by atoms with E-state index in [9.17, 15) is 13.2 Å². The van der Waals surface area contributed by atoms with Crippen LogP contribution in [0.25, 0.3) is 28.1 Å². The number of hydrogen-bond donors (Lipinski definition) is 3. The van der Waals surface area contributed by atoms with Crippen LogP contribution in [0.4, 0.5) is 5.69 Å². The molecule has 0 spiro atoms. The molecule has 1 fully saturated rings. The van der Waals surface area contributed by atoms with Gasteiger partial charge >= 0.3 is 0 Å². The van der Waals surface area contributed by atoms with Crippen LogP contribution in [0.5, 0.6) is 0 Å². The normalized spacial score (nSPS) is 14.8. The van der Waals surface area contributed by atoms with E-state index < -0.39 is 10.0 Å². The van der Waals surface area contributed by atoms with E-state index in [1.807, 2.05) is 54.6 Å². The van der Waals surface area contributed by atoms with Crippen molar-refractivity contribution < 1.29 is 17.9 Å². The van der Waals surface area contributed by atoms with Gasteiger partial charge in [-0.3, -0.25) is 14.4 Å². The van der Waals surface area contributed by atoms with Gasteiger partial charge in [0.15, 0.2) is 0 Å². The Morgan fingerprint density at radius 2 is 1.71 bits per heavy atom. The van der Waals surface area contributed by atoms with Crippen molar-refractivity contribution in [2.45, 2.75) is 31.1 Å². The van der Waals surface area contributed by atoms with E-state index in [1.165, 1.54) is 6.08 Å². The van der Waals surface area contributed by atoms with Gasteiger partial charge in [0.25, 0.3) is 10.0 Å². The van der Waals surface area contributed by atoms with E-state index >= 15 is 0 Å². The van der Waals surface area contributed by atoms with Crippen LogP contribution in [0.3, 0.4) is 0 Å². The number of rotatable bonds is 9. The van der Waals surface area contributed by atoms with Crippen LogP contribution in [-0.2, 0) is 25.0 Å². The summed E-state index contributed by atoms with van der Waals surface area (Å²) in [5.41, 5.74) is 4.88. The summed E-state index contributed by atoms with van der Waals surface area (Å²) in [6.07, 6.45) is 3.30. The number of fused-ring (bicyclic) bond motifs is 1. The number of sulfonamides is 1. The van der Waals surface area contributed by atoms with E-state index in [-0.39, 0.29) is 16.2 Å². The van der Waals surface area contributed by atoms with Crippen LogP contribution >= 0.6 is 0 Å². The second-order valence-electron chi connectivity index (χ2n) is 11.5. The molecule has 220 valence electrons. The number of carbonyl (C=O) groups excluding carboxylic acids is 1. The molecule has 1 aliphatic rings. The standard InChI is InChI=1S/C33H38N4O4S/c1-33(2,3)25-9-12-27(13-10-25)42(39,40)36-26-11-14-29-28(23-26)32(24-7-5-4-6-8-24)30(35-29)15-16-31(38)34-17-18-37-19-21-41-22-20-37/h4-16,23,35-36H,17-22H2,1-3H3,(H,34,38). The number of carbonyl (C=O) groups is 1. The molecule has 8 nitrogen and oxygen atoms in total. The predicted molar refractivity (Wildman–Crippen MR) is 169 cm³/mol. The molecule has 1 saturated heterocycles. The molecular formula is C33H38N4O4S. The van der Waals surface area contributed by atoms with Crippen LogP contribution in [0.1, 0.15) is 32.0 Å². The molecule has 2 heterocycles. The average Bonchev–Trinajstić information content (AvgIpc) is 3.34. The van der Waals surface area contributed by atoms with Crippen molar-refractivity contribution in [3.8, 4) is 11.1 Å². The third-order valence-electron chi connectivity index (χ3n) is 7.41. The number of amides is 1. The highest BCUT2D eigenvalue weighted by Gasteiger charge is 2.19. The number of ether oxygens (including phenoxy) is 1. The zero-order valence-corrected chi connectivity index (χ0v) is 25.1. The van der Waals surface area contributed by atoms with E-state index in [0.717, 1.165) is 66.1 Å². The molecule has 1 amide bonds. The van der Waals surface area contributed by atoms with Crippen LogP contribution in [0.15, 0.2) is 83.8 Å². The lowest BCUT2D eigenvalue weighted by molar-refractivity contribution is -0.116. The fourth-order valence-corrected chi connectivity index (χ4v) is 6.09. The summed E-state index contributed by atoms with van der Waals surface area (Å²) in [7, 11) is -3.79. The maximum atomic E-state index is 13.2. The molecule has 42 heavy (non-hydrogen) atoms. The molecule has 3 aromatic carbocycles. The molecule has 1 aromatic heterocycles. The van der Waals surface area contributed by atoms with E-state index in [0.29, 0.717) is 12.2 Å². The molecule has 0 bridgehead atoms. The number of H-pyrrole nitrogens is 1. The minimum Gasteiger partial charge on any atom is -0.379 e.